The van der Waals surface area contributed by atoms with E-state index in [-0.39, 0.29) is 0 Å². The molecule has 0 bridgehead atoms. The van der Waals surface area contributed by atoms with Crippen LogP contribution in [0.2, 0.25) is 0 Å². The van der Waals surface area contributed by atoms with Gasteiger partial charge in [0.25, 0.3) is 0 Å². The zero-order chi connectivity index (χ0) is 19.4. The number of rotatable bonds is 5. The highest BCUT2D eigenvalue weighted by Crippen LogP contribution is 2.57. The first-order valence-corrected chi connectivity index (χ1v) is 10.8. The summed E-state index contributed by atoms with van der Waals surface area (Å²) < 4.78 is 14.8. The normalized spacial score (nSPS) is 12.0. The van der Waals surface area contributed by atoms with E-state index in [1.807, 2.05) is 106 Å². The molecule has 3 aromatic rings. The van der Waals surface area contributed by atoms with Gasteiger partial charge in [-0.15, -0.1) is 0 Å². The summed E-state index contributed by atoms with van der Waals surface area (Å²) in [6, 6.07) is 26.1. The molecule has 0 spiro atoms. The summed E-state index contributed by atoms with van der Waals surface area (Å²) >= 11 is 0. The molecule has 1 nitrogen and oxygen atoms in total. The van der Waals surface area contributed by atoms with Gasteiger partial charge >= 0.3 is 0 Å². The Hall–Kier alpha value is -2.63. The third-order valence-corrected chi connectivity index (χ3v) is 7.70. The fourth-order valence-corrected chi connectivity index (χ4v) is 6.04. The van der Waals surface area contributed by atoms with Gasteiger partial charge in [0.05, 0.1) is 0 Å². The predicted molar refractivity (Wildman–Crippen MR) is 118 cm³/mol. The average Bonchev–Trinajstić information content (AvgIpc) is 2.67. The molecule has 2 heteroatoms. The molecule has 0 saturated carbocycles. The van der Waals surface area contributed by atoms with Crippen LogP contribution in [-0.2, 0) is 4.57 Å². The van der Waals surface area contributed by atoms with Gasteiger partial charge in [-0.1, -0.05) is 102 Å². The fourth-order valence-electron chi connectivity index (χ4n) is 3.13. The maximum Gasteiger partial charge on any atom is 0.171 e. The van der Waals surface area contributed by atoms with Gasteiger partial charge in [-0.2, -0.15) is 0 Å². The SMILES string of the molecule is C=C(C)/C=C(\c1ccccc1)P(=O)(c1ccc(C)cc1)c1ccc(C)cc1. The molecule has 27 heavy (non-hydrogen) atoms. The molecule has 0 atom stereocenters. The van der Waals surface area contributed by atoms with E-state index in [0.29, 0.717) is 0 Å². The lowest BCUT2D eigenvalue weighted by atomic mass is 10.2. The van der Waals surface area contributed by atoms with E-state index in [1.165, 1.54) is 0 Å². The van der Waals surface area contributed by atoms with E-state index < -0.39 is 7.14 Å². The lowest BCUT2D eigenvalue weighted by Crippen LogP contribution is -2.17. The predicted octanol–water partition coefficient (Wildman–Crippen LogP) is 6.23. The topological polar surface area (TPSA) is 17.1 Å². The Bertz CT molecular complexity index is 961. The van der Waals surface area contributed by atoms with Crippen molar-refractivity contribution in [1.82, 2.24) is 0 Å². The molecule has 0 radical (unpaired) electrons. The molecule has 136 valence electrons. The second-order valence-corrected chi connectivity index (χ2v) is 9.76. The van der Waals surface area contributed by atoms with Crippen LogP contribution in [-0.4, -0.2) is 0 Å². The smallest absolute Gasteiger partial charge is 0.171 e. The third kappa shape index (κ3) is 4.04. The highest BCUT2D eigenvalue weighted by atomic mass is 31.2. The standard InChI is InChI=1S/C25H25OP/c1-19(2)18-25(22-8-6-5-7-9-22)27(26,23-14-10-20(3)11-15-23)24-16-12-21(4)13-17-24/h5-18H,1H2,2-4H3/b25-18+. The summed E-state index contributed by atoms with van der Waals surface area (Å²) in [6.45, 7) is 10.1. The lowest BCUT2D eigenvalue weighted by Gasteiger charge is -2.24. The summed E-state index contributed by atoms with van der Waals surface area (Å²) in [4.78, 5) is 0. The van der Waals surface area contributed by atoms with Gasteiger partial charge in [-0.05, 0) is 32.4 Å². The van der Waals surface area contributed by atoms with Crippen LogP contribution in [0.15, 0.2) is 97.1 Å². The van der Waals surface area contributed by atoms with Gasteiger partial charge in [-0.25, -0.2) is 0 Å². The van der Waals surface area contributed by atoms with Gasteiger partial charge in [0.15, 0.2) is 7.14 Å². The molecule has 0 saturated heterocycles. The molecule has 0 aromatic heterocycles. The largest absolute Gasteiger partial charge is 0.309 e. The minimum absolute atomic E-state index is 0.823. The van der Waals surface area contributed by atoms with Gasteiger partial charge in [-0.3, -0.25) is 0 Å². The zero-order valence-corrected chi connectivity index (χ0v) is 17.0. The van der Waals surface area contributed by atoms with Crippen molar-refractivity contribution < 1.29 is 4.57 Å². The van der Waals surface area contributed by atoms with Crippen LogP contribution in [0.3, 0.4) is 0 Å². The fraction of sp³-hybridized carbons (Fsp3) is 0.120. The van der Waals surface area contributed by atoms with Crippen LogP contribution in [0, 0.1) is 13.8 Å². The van der Waals surface area contributed by atoms with Crippen molar-refractivity contribution in [2.24, 2.45) is 0 Å². The molecular weight excluding hydrogens is 347 g/mol. The van der Waals surface area contributed by atoms with Gasteiger partial charge < -0.3 is 4.57 Å². The Morgan fingerprint density at radius 1 is 0.778 bits per heavy atom. The average molecular weight is 372 g/mol. The van der Waals surface area contributed by atoms with Crippen molar-refractivity contribution in [2.75, 3.05) is 0 Å². The Kier molecular flexibility index (Phi) is 5.63. The van der Waals surface area contributed by atoms with E-state index in [4.69, 9.17) is 0 Å². The maximum absolute atomic E-state index is 14.8. The highest BCUT2D eigenvalue weighted by molar-refractivity contribution is 7.87. The monoisotopic (exact) mass is 372 g/mol. The van der Waals surface area contributed by atoms with Crippen LogP contribution in [0.1, 0.15) is 23.6 Å². The number of benzene rings is 3. The van der Waals surface area contributed by atoms with Crippen LogP contribution in [0.4, 0.5) is 0 Å². The van der Waals surface area contributed by atoms with Crippen LogP contribution in [0.5, 0.6) is 0 Å². The molecule has 0 aliphatic rings. The van der Waals surface area contributed by atoms with E-state index in [9.17, 15) is 4.57 Å². The molecule has 3 aromatic carbocycles. The van der Waals surface area contributed by atoms with Crippen molar-refractivity contribution >= 4 is 23.1 Å². The Morgan fingerprint density at radius 3 is 1.63 bits per heavy atom. The Labute approximate surface area is 162 Å². The summed E-state index contributed by atoms with van der Waals surface area (Å²) in [6.07, 6.45) is 1.97. The second kappa shape index (κ2) is 7.94. The third-order valence-electron chi connectivity index (χ3n) is 4.59. The van der Waals surface area contributed by atoms with Crippen molar-refractivity contribution in [1.29, 1.82) is 0 Å². The van der Waals surface area contributed by atoms with Crippen molar-refractivity contribution in [3.8, 4) is 0 Å². The minimum atomic E-state index is -3.05. The first-order chi connectivity index (χ1) is 12.9. The zero-order valence-electron chi connectivity index (χ0n) is 16.1. The number of allylic oxidation sites excluding steroid dienone is 2. The van der Waals surface area contributed by atoms with Crippen LogP contribution in [0.25, 0.3) is 5.31 Å². The first-order valence-electron chi connectivity index (χ1n) is 9.09. The molecule has 0 unspecified atom stereocenters. The van der Waals surface area contributed by atoms with Crippen molar-refractivity contribution in [2.45, 2.75) is 20.8 Å². The minimum Gasteiger partial charge on any atom is -0.309 e. The van der Waals surface area contributed by atoms with E-state index in [0.717, 1.165) is 38.2 Å². The first kappa shape index (κ1) is 19.1. The number of hydrogen-bond acceptors (Lipinski definition) is 1. The summed E-state index contributed by atoms with van der Waals surface area (Å²) in [5.41, 5.74) is 4.15. The molecular formula is C25H25OP. The lowest BCUT2D eigenvalue weighted by molar-refractivity contribution is 0.593. The summed E-state index contributed by atoms with van der Waals surface area (Å²) in [7, 11) is -3.05. The molecule has 0 fully saturated rings. The van der Waals surface area contributed by atoms with Gasteiger partial charge in [0.1, 0.15) is 0 Å². The van der Waals surface area contributed by atoms with E-state index in [2.05, 4.69) is 6.58 Å². The molecule has 0 heterocycles. The summed E-state index contributed by atoms with van der Waals surface area (Å²) in [5.74, 6) is 0. The Balaban J connectivity index is 2.34. The van der Waals surface area contributed by atoms with E-state index >= 15 is 0 Å². The summed E-state index contributed by atoms with van der Waals surface area (Å²) in [5, 5.41) is 2.50. The van der Waals surface area contributed by atoms with Crippen molar-refractivity contribution in [3.63, 3.8) is 0 Å². The molecule has 0 aliphatic carbocycles. The number of hydrogen-bond donors (Lipinski definition) is 0. The molecule has 0 N–H and O–H groups in total. The quantitative estimate of drug-likeness (QED) is 0.383. The van der Waals surface area contributed by atoms with Crippen molar-refractivity contribution in [3.05, 3.63) is 114 Å². The van der Waals surface area contributed by atoms with Gasteiger partial charge in [0.2, 0.25) is 0 Å². The van der Waals surface area contributed by atoms with Gasteiger partial charge in [0, 0.05) is 15.9 Å². The molecule has 0 aliphatic heterocycles. The maximum atomic E-state index is 14.8. The molecule has 0 amide bonds. The highest BCUT2D eigenvalue weighted by Gasteiger charge is 2.32. The van der Waals surface area contributed by atoms with E-state index in [1.54, 1.807) is 0 Å². The van der Waals surface area contributed by atoms with Crippen LogP contribution >= 0.6 is 7.14 Å². The second-order valence-electron chi connectivity index (χ2n) is 7.02. The van der Waals surface area contributed by atoms with Crippen LogP contribution < -0.4 is 10.6 Å². The number of aryl methyl sites for hydroxylation is 2. The Morgan fingerprint density at radius 2 is 1.22 bits per heavy atom. The molecule has 3 rings (SSSR count).